The predicted octanol–water partition coefficient (Wildman–Crippen LogP) is 1.01. The average molecular weight is 311 g/mol. The fourth-order valence-corrected chi connectivity index (χ4v) is 3.43. The van der Waals surface area contributed by atoms with Crippen molar-refractivity contribution in [3.05, 3.63) is 31.3 Å². The van der Waals surface area contributed by atoms with Crippen LogP contribution in [-0.4, -0.2) is 34.3 Å². The van der Waals surface area contributed by atoms with Crippen LogP contribution in [0, 0.1) is 6.92 Å². The first-order valence-electron chi connectivity index (χ1n) is 6.49. The topological polar surface area (TPSA) is 85.8 Å². The molecule has 0 aromatic carbocycles. The summed E-state index contributed by atoms with van der Waals surface area (Å²) in [7, 11) is 1.56. The van der Waals surface area contributed by atoms with Crippen molar-refractivity contribution in [2.75, 3.05) is 13.7 Å². The third-order valence-corrected chi connectivity index (χ3v) is 4.59. The van der Waals surface area contributed by atoms with Crippen molar-refractivity contribution >= 4 is 27.8 Å². The van der Waals surface area contributed by atoms with Gasteiger partial charge in [0.25, 0.3) is 5.56 Å². The van der Waals surface area contributed by atoms with Gasteiger partial charge in [0, 0.05) is 13.7 Å². The van der Waals surface area contributed by atoms with Gasteiger partial charge in [0.1, 0.15) is 4.83 Å². The Balaban J connectivity index is 2.90. The second-order valence-corrected chi connectivity index (χ2v) is 5.52. The number of aromatic nitrogens is 2. The molecule has 0 spiro atoms. The molecule has 0 unspecified atom stereocenters. The van der Waals surface area contributed by atoms with E-state index in [0.717, 1.165) is 0 Å². The normalized spacial score (nSPS) is 11.8. The van der Waals surface area contributed by atoms with E-state index in [1.54, 1.807) is 21.0 Å². The summed E-state index contributed by atoms with van der Waals surface area (Å²) >= 11 is 1.26. The first kappa shape index (κ1) is 15.5. The number of hydrogen-bond donors (Lipinski definition) is 1. The maximum atomic E-state index is 12.5. The average Bonchev–Trinajstić information content (AvgIpc) is 2.77. The minimum atomic E-state index is -0.346. The molecule has 8 heteroatoms. The van der Waals surface area contributed by atoms with Gasteiger partial charge in [-0.15, -0.1) is 11.3 Å². The van der Waals surface area contributed by atoms with Crippen LogP contribution in [0.3, 0.4) is 0 Å². The summed E-state index contributed by atoms with van der Waals surface area (Å²) < 4.78 is 7.77. The van der Waals surface area contributed by atoms with E-state index in [2.05, 4.69) is 5.16 Å². The Labute approximate surface area is 124 Å². The van der Waals surface area contributed by atoms with Gasteiger partial charge in [-0.2, -0.15) is 0 Å². The lowest BCUT2D eigenvalue weighted by atomic mass is 10.2. The fourth-order valence-electron chi connectivity index (χ4n) is 2.25. The maximum absolute atomic E-state index is 12.5. The Morgan fingerprint density at radius 3 is 2.67 bits per heavy atom. The molecule has 0 saturated carbocycles. The number of thiophene rings is 1. The van der Waals surface area contributed by atoms with Gasteiger partial charge in [-0.1, -0.05) is 5.16 Å². The van der Waals surface area contributed by atoms with Crippen molar-refractivity contribution in [3.63, 3.8) is 0 Å². The number of rotatable bonds is 5. The minimum Gasteiger partial charge on any atom is -0.411 e. The van der Waals surface area contributed by atoms with Crippen LogP contribution in [0.1, 0.15) is 17.4 Å². The molecule has 0 aliphatic carbocycles. The smallest absolute Gasteiger partial charge is 0.332 e. The van der Waals surface area contributed by atoms with Crippen LogP contribution in [0.4, 0.5) is 0 Å². The predicted molar refractivity (Wildman–Crippen MR) is 82.0 cm³/mol. The first-order chi connectivity index (χ1) is 10.1. The number of nitrogens with zero attached hydrogens (tertiary/aromatic N) is 3. The molecular weight excluding hydrogens is 294 g/mol. The molecule has 0 bridgehead atoms. The lowest BCUT2D eigenvalue weighted by Crippen LogP contribution is -2.39. The Hall–Kier alpha value is -1.93. The van der Waals surface area contributed by atoms with Gasteiger partial charge in [-0.25, -0.2) is 4.79 Å². The number of fused-ring (bicyclic) bond motifs is 1. The summed E-state index contributed by atoms with van der Waals surface area (Å²) in [5.41, 5.74) is 0.0597. The number of hydrogen-bond acceptors (Lipinski definition) is 6. The Bertz CT molecular complexity index is 800. The first-order valence-corrected chi connectivity index (χ1v) is 7.31. The van der Waals surface area contributed by atoms with Gasteiger partial charge in [-0.05, 0) is 19.4 Å². The van der Waals surface area contributed by atoms with Gasteiger partial charge in [0.15, 0.2) is 0 Å². The van der Waals surface area contributed by atoms with Crippen LogP contribution in [0.25, 0.3) is 10.2 Å². The molecule has 1 N–H and O–H groups in total. The van der Waals surface area contributed by atoms with Crippen LogP contribution >= 0.6 is 11.3 Å². The Morgan fingerprint density at radius 2 is 2.10 bits per heavy atom. The minimum absolute atomic E-state index is 0.305. The fraction of sp³-hybridized carbons (Fsp3) is 0.462. The van der Waals surface area contributed by atoms with E-state index in [1.807, 2.05) is 0 Å². The van der Waals surface area contributed by atoms with E-state index in [1.165, 1.54) is 26.7 Å². The highest BCUT2D eigenvalue weighted by Crippen LogP contribution is 2.26. The highest BCUT2D eigenvalue weighted by Gasteiger charge is 2.18. The summed E-state index contributed by atoms with van der Waals surface area (Å²) in [6.45, 7) is 4.58. The zero-order valence-electron chi connectivity index (χ0n) is 12.1. The molecule has 7 nitrogen and oxygen atoms in total. The zero-order chi connectivity index (χ0) is 15.6. The van der Waals surface area contributed by atoms with E-state index < -0.39 is 0 Å². The Kier molecular flexibility index (Phi) is 4.59. The Morgan fingerprint density at radius 1 is 1.38 bits per heavy atom. The van der Waals surface area contributed by atoms with Crippen molar-refractivity contribution in [2.45, 2.75) is 26.9 Å². The van der Waals surface area contributed by atoms with Gasteiger partial charge in [-0.3, -0.25) is 13.9 Å². The second kappa shape index (κ2) is 6.23. The number of ether oxygens (including phenoxy) is 1. The van der Waals surface area contributed by atoms with Crippen LogP contribution in [0.15, 0.2) is 14.7 Å². The molecule has 2 rings (SSSR count). The van der Waals surface area contributed by atoms with Crippen LogP contribution in [0.5, 0.6) is 0 Å². The second-order valence-electron chi connectivity index (χ2n) is 4.49. The molecule has 0 aliphatic heterocycles. The van der Waals surface area contributed by atoms with E-state index >= 15 is 0 Å². The quantitative estimate of drug-likeness (QED) is 0.507. The van der Waals surface area contributed by atoms with Gasteiger partial charge < -0.3 is 9.94 Å². The molecule has 0 aliphatic rings. The molecule has 21 heavy (non-hydrogen) atoms. The van der Waals surface area contributed by atoms with Crippen molar-refractivity contribution in [1.82, 2.24) is 9.13 Å². The summed E-state index contributed by atoms with van der Waals surface area (Å²) in [6.07, 6.45) is 1.28. The van der Waals surface area contributed by atoms with Crippen molar-refractivity contribution in [1.29, 1.82) is 0 Å². The standard InChI is InChI=1S/C13H17N3O4S/c1-4-15-11(17)10-8(2)9(7-14-19)21-12(10)16(13(15)18)5-6-20-3/h7,19H,4-6H2,1-3H3. The number of aryl methyl sites for hydroxylation is 1. The molecule has 0 fully saturated rings. The van der Waals surface area contributed by atoms with Gasteiger partial charge >= 0.3 is 5.69 Å². The molecule has 114 valence electrons. The summed E-state index contributed by atoms with van der Waals surface area (Å²) in [5, 5.41) is 12.2. The summed E-state index contributed by atoms with van der Waals surface area (Å²) in [6, 6.07) is 0. The van der Waals surface area contributed by atoms with Crippen molar-refractivity contribution in [2.24, 2.45) is 5.16 Å². The highest BCUT2D eigenvalue weighted by atomic mass is 32.1. The molecule has 2 aromatic rings. The monoisotopic (exact) mass is 311 g/mol. The summed E-state index contributed by atoms with van der Waals surface area (Å²) in [5.74, 6) is 0. The molecular formula is C13H17N3O4S. The third-order valence-electron chi connectivity index (χ3n) is 3.34. The van der Waals surface area contributed by atoms with Crippen molar-refractivity contribution < 1.29 is 9.94 Å². The van der Waals surface area contributed by atoms with E-state index in [9.17, 15) is 9.59 Å². The van der Waals surface area contributed by atoms with Gasteiger partial charge in [0.2, 0.25) is 0 Å². The third kappa shape index (κ3) is 2.52. The molecule has 2 heterocycles. The van der Waals surface area contributed by atoms with Gasteiger partial charge in [0.05, 0.1) is 29.6 Å². The zero-order valence-corrected chi connectivity index (χ0v) is 12.9. The molecule has 2 aromatic heterocycles. The van der Waals surface area contributed by atoms with Crippen LogP contribution in [0.2, 0.25) is 0 Å². The van der Waals surface area contributed by atoms with Crippen LogP contribution < -0.4 is 11.2 Å². The maximum Gasteiger partial charge on any atom is 0.332 e. The van der Waals surface area contributed by atoms with E-state index in [0.29, 0.717) is 40.4 Å². The lowest BCUT2D eigenvalue weighted by molar-refractivity contribution is 0.186. The molecule has 0 radical (unpaired) electrons. The number of oxime groups is 1. The van der Waals surface area contributed by atoms with E-state index in [4.69, 9.17) is 9.94 Å². The molecule has 0 saturated heterocycles. The highest BCUT2D eigenvalue weighted by molar-refractivity contribution is 7.20. The van der Waals surface area contributed by atoms with Crippen LogP contribution in [-0.2, 0) is 17.8 Å². The summed E-state index contributed by atoms with van der Waals surface area (Å²) in [4.78, 5) is 26.1. The SMILES string of the molecule is CCn1c(=O)c2c(C)c(C=NO)sc2n(CCOC)c1=O. The lowest BCUT2D eigenvalue weighted by Gasteiger charge is -2.10. The van der Waals surface area contributed by atoms with E-state index in [-0.39, 0.29) is 11.2 Å². The molecule has 0 atom stereocenters. The van der Waals surface area contributed by atoms with Crippen molar-refractivity contribution in [3.8, 4) is 0 Å². The number of methoxy groups -OCH3 is 1. The molecule has 0 amide bonds. The largest absolute Gasteiger partial charge is 0.411 e.